The molecule has 2 amide bonds. The highest BCUT2D eigenvalue weighted by Crippen LogP contribution is 2.43. The largest absolute Gasteiger partial charge is 0.268 e. The van der Waals surface area contributed by atoms with Gasteiger partial charge in [0, 0.05) is 36.0 Å². The molecule has 0 atom stereocenters. The number of carbonyl (C=O) groups is 2. The fraction of sp³-hybridized carbons (Fsp3) is 0. The summed E-state index contributed by atoms with van der Waals surface area (Å²) in [4.78, 5) is 33.0. The van der Waals surface area contributed by atoms with Gasteiger partial charge in [-0.2, -0.15) is 0 Å². The second kappa shape index (κ2) is 8.66. The molecule has 1 aliphatic rings. The van der Waals surface area contributed by atoms with Gasteiger partial charge in [-0.3, -0.25) is 9.59 Å². The molecule has 0 fully saturated rings. The number of rotatable bonds is 4. The molecular formula is C32H19NO2S2. The van der Waals surface area contributed by atoms with E-state index in [4.69, 9.17) is 0 Å². The molecule has 0 aliphatic carbocycles. The molecule has 0 N–H and O–H groups in total. The quantitative estimate of drug-likeness (QED) is 0.221. The summed E-state index contributed by atoms with van der Waals surface area (Å²) in [6, 6.07) is 37.8. The lowest BCUT2D eigenvalue weighted by molar-refractivity contribution is 0.0893. The van der Waals surface area contributed by atoms with Crippen molar-refractivity contribution < 1.29 is 9.59 Å². The number of carbonyl (C=O) groups excluding carboxylic acids is 2. The molecule has 1 aliphatic heterocycles. The Morgan fingerprint density at radius 3 is 1.76 bits per heavy atom. The Morgan fingerprint density at radius 2 is 1.03 bits per heavy atom. The number of imide groups is 1. The van der Waals surface area contributed by atoms with Gasteiger partial charge in [0.1, 0.15) is 0 Å². The molecule has 0 radical (unpaired) electrons. The number of hydrogen-bond acceptors (Lipinski definition) is 4. The van der Waals surface area contributed by atoms with Gasteiger partial charge in [0.05, 0.1) is 5.69 Å². The van der Waals surface area contributed by atoms with Gasteiger partial charge in [-0.25, -0.2) is 4.90 Å². The zero-order chi connectivity index (χ0) is 24.9. The van der Waals surface area contributed by atoms with Gasteiger partial charge in [0.15, 0.2) is 0 Å². The van der Waals surface area contributed by atoms with Crippen LogP contribution in [0.5, 0.6) is 0 Å². The van der Waals surface area contributed by atoms with Crippen LogP contribution in [0.4, 0.5) is 5.69 Å². The first-order chi connectivity index (χ1) is 18.2. The van der Waals surface area contributed by atoms with E-state index in [-0.39, 0.29) is 11.8 Å². The highest BCUT2D eigenvalue weighted by atomic mass is 32.1. The van der Waals surface area contributed by atoms with Crippen LogP contribution in [-0.2, 0) is 0 Å². The summed E-state index contributed by atoms with van der Waals surface area (Å²) in [6.07, 6.45) is 0. The lowest BCUT2D eigenvalue weighted by Gasteiger charge is -2.27. The molecule has 0 unspecified atom stereocenters. The van der Waals surface area contributed by atoms with E-state index in [1.165, 1.54) is 25.1 Å². The lowest BCUT2D eigenvalue weighted by atomic mass is 9.90. The Balaban J connectivity index is 1.30. The topological polar surface area (TPSA) is 37.4 Å². The molecule has 5 heteroatoms. The molecule has 176 valence electrons. The number of amides is 2. The third kappa shape index (κ3) is 3.55. The third-order valence-corrected chi connectivity index (χ3v) is 9.15. The van der Waals surface area contributed by atoms with Crippen LogP contribution in [0.2, 0.25) is 0 Å². The summed E-state index contributed by atoms with van der Waals surface area (Å²) in [5, 5.41) is 1.66. The number of nitrogens with zero attached hydrogens (tertiary/aromatic N) is 1. The monoisotopic (exact) mass is 513 g/mol. The number of hydrogen-bond donors (Lipinski definition) is 0. The molecule has 2 aromatic heterocycles. The van der Waals surface area contributed by atoms with Crippen LogP contribution < -0.4 is 4.90 Å². The second-order valence-electron chi connectivity index (χ2n) is 8.86. The average molecular weight is 514 g/mol. The fourth-order valence-corrected chi connectivity index (χ4v) is 7.11. The Bertz CT molecular complexity index is 1790. The summed E-state index contributed by atoms with van der Waals surface area (Å²) in [5.74, 6) is -0.573. The summed E-state index contributed by atoms with van der Waals surface area (Å²) in [7, 11) is 0. The summed E-state index contributed by atoms with van der Waals surface area (Å²) >= 11 is 3.51. The van der Waals surface area contributed by atoms with Gasteiger partial charge < -0.3 is 0 Å². The van der Waals surface area contributed by atoms with E-state index in [0.717, 1.165) is 21.2 Å². The lowest BCUT2D eigenvalue weighted by Crippen LogP contribution is -2.40. The molecule has 0 spiro atoms. The molecule has 0 saturated heterocycles. The summed E-state index contributed by atoms with van der Waals surface area (Å²) < 4.78 is 0. The van der Waals surface area contributed by atoms with E-state index in [1.807, 2.05) is 54.6 Å². The van der Waals surface area contributed by atoms with E-state index in [0.29, 0.717) is 16.8 Å². The average Bonchev–Trinajstić information content (AvgIpc) is 3.63. The third-order valence-electron chi connectivity index (χ3n) is 6.70. The Hall–Kier alpha value is -4.32. The van der Waals surface area contributed by atoms with Crippen LogP contribution in [-0.4, -0.2) is 11.8 Å². The maximum atomic E-state index is 13.5. The van der Waals surface area contributed by atoms with Gasteiger partial charge in [-0.15, -0.1) is 22.7 Å². The highest BCUT2D eigenvalue weighted by molar-refractivity contribution is 7.25. The number of anilines is 1. The van der Waals surface area contributed by atoms with Gasteiger partial charge >= 0.3 is 0 Å². The van der Waals surface area contributed by atoms with E-state index >= 15 is 0 Å². The molecule has 7 rings (SSSR count). The fourth-order valence-electron chi connectivity index (χ4n) is 4.97. The predicted octanol–water partition coefficient (Wildman–Crippen LogP) is 8.76. The van der Waals surface area contributed by atoms with Crippen LogP contribution in [0.3, 0.4) is 0 Å². The van der Waals surface area contributed by atoms with Crippen LogP contribution in [0.15, 0.2) is 115 Å². The van der Waals surface area contributed by atoms with E-state index in [9.17, 15) is 9.59 Å². The summed E-state index contributed by atoms with van der Waals surface area (Å²) in [6.45, 7) is 0. The number of thiophene rings is 2. The molecule has 37 heavy (non-hydrogen) atoms. The van der Waals surface area contributed by atoms with Crippen molar-refractivity contribution in [3.63, 3.8) is 0 Å². The minimum Gasteiger partial charge on any atom is -0.268 e. The Kier molecular flexibility index (Phi) is 5.13. The van der Waals surface area contributed by atoms with Gasteiger partial charge in [-0.1, -0.05) is 66.7 Å². The Morgan fingerprint density at radius 1 is 0.459 bits per heavy atom. The van der Waals surface area contributed by atoms with Crippen LogP contribution in [0.25, 0.3) is 41.4 Å². The smallest absolute Gasteiger partial charge is 0.265 e. The first-order valence-corrected chi connectivity index (χ1v) is 13.6. The van der Waals surface area contributed by atoms with Crippen molar-refractivity contribution in [1.29, 1.82) is 0 Å². The SMILES string of the molecule is O=C1c2cccc3c(-c4ccc(-c5ccc(-c6ccccc6)s5)s4)ccc(c23)C(=O)N1c1ccccc1. The molecule has 3 nitrogen and oxygen atoms in total. The highest BCUT2D eigenvalue weighted by Gasteiger charge is 2.34. The first-order valence-electron chi connectivity index (χ1n) is 11.9. The molecule has 6 aromatic rings. The van der Waals surface area contributed by atoms with E-state index in [1.54, 1.807) is 34.8 Å². The number of para-hydroxylation sites is 1. The van der Waals surface area contributed by atoms with E-state index in [2.05, 4.69) is 48.5 Å². The maximum absolute atomic E-state index is 13.5. The normalized spacial score (nSPS) is 12.9. The standard InChI is InChI=1S/C32H19NO2S2/c34-31-24-13-7-12-23-22(14-15-25(30(23)24)32(35)33(31)21-10-5-2-6-11-21)27-17-19-29(37-27)28-18-16-26(36-28)20-8-3-1-4-9-20/h1-19H. The van der Waals surface area contributed by atoms with Gasteiger partial charge in [0.2, 0.25) is 0 Å². The van der Waals surface area contributed by atoms with Gasteiger partial charge in [-0.05, 0) is 65.0 Å². The summed E-state index contributed by atoms with van der Waals surface area (Å²) in [5.41, 5.74) is 3.95. The Labute approximate surface area is 221 Å². The minimum absolute atomic E-state index is 0.287. The first kappa shape index (κ1) is 21.9. The maximum Gasteiger partial charge on any atom is 0.265 e. The van der Waals surface area contributed by atoms with Crippen LogP contribution in [0, 0.1) is 0 Å². The molecule has 0 saturated carbocycles. The van der Waals surface area contributed by atoms with Crippen LogP contribution in [0.1, 0.15) is 20.7 Å². The van der Waals surface area contributed by atoms with Gasteiger partial charge in [0.25, 0.3) is 11.8 Å². The molecule has 0 bridgehead atoms. The van der Waals surface area contributed by atoms with Crippen molar-refractivity contribution in [3.8, 4) is 30.6 Å². The number of benzene rings is 4. The molecule has 3 heterocycles. The van der Waals surface area contributed by atoms with Crippen molar-refractivity contribution in [2.45, 2.75) is 0 Å². The predicted molar refractivity (Wildman–Crippen MR) is 154 cm³/mol. The van der Waals surface area contributed by atoms with Crippen molar-refractivity contribution in [1.82, 2.24) is 0 Å². The second-order valence-corrected chi connectivity index (χ2v) is 11.0. The van der Waals surface area contributed by atoms with Crippen molar-refractivity contribution in [2.24, 2.45) is 0 Å². The van der Waals surface area contributed by atoms with Crippen molar-refractivity contribution >= 4 is 50.9 Å². The van der Waals surface area contributed by atoms with Crippen molar-refractivity contribution in [2.75, 3.05) is 4.90 Å². The zero-order valence-electron chi connectivity index (χ0n) is 19.5. The molecular weight excluding hydrogens is 494 g/mol. The van der Waals surface area contributed by atoms with E-state index < -0.39 is 0 Å². The van der Waals surface area contributed by atoms with Crippen LogP contribution >= 0.6 is 22.7 Å². The minimum atomic E-state index is -0.287. The zero-order valence-corrected chi connectivity index (χ0v) is 21.2. The molecule has 4 aromatic carbocycles. The van der Waals surface area contributed by atoms with Crippen molar-refractivity contribution in [3.05, 3.63) is 126 Å².